The molecular formula is C11H15ClN2O5S. The van der Waals surface area contributed by atoms with E-state index in [2.05, 4.69) is 0 Å². The van der Waals surface area contributed by atoms with Crippen LogP contribution in [0.15, 0.2) is 17.0 Å². The van der Waals surface area contributed by atoms with Gasteiger partial charge in [0.15, 0.2) is 0 Å². The summed E-state index contributed by atoms with van der Waals surface area (Å²) >= 11 is 5.74. The van der Waals surface area contributed by atoms with E-state index in [0.29, 0.717) is 5.56 Å². The number of halogens is 1. The molecule has 0 unspecified atom stereocenters. The molecule has 0 aliphatic heterocycles. The van der Waals surface area contributed by atoms with Crippen LogP contribution in [-0.4, -0.2) is 45.0 Å². The van der Waals surface area contributed by atoms with Gasteiger partial charge in [0.25, 0.3) is 5.69 Å². The minimum atomic E-state index is -3.82. The van der Waals surface area contributed by atoms with Gasteiger partial charge in [0, 0.05) is 26.8 Å². The van der Waals surface area contributed by atoms with E-state index in [4.69, 9.17) is 16.3 Å². The predicted octanol–water partition coefficient (Wildman–Crippen LogP) is 1.82. The number of aryl methyl sites for hydroxylation is 1. The van der Waals surface area contributed by atoms with Crippen LogP contribution >= 0.6 is 11.6 Å². The molecule has 0 atom stereocenters. The minimum Gasteiger partial charge on any atom is -0.383 e. The third-order valence-electron chi connectivity index (χ3n) is 2.74. The number of benzene rings is 1. The molecule has 0 aliphatic carbocycles. The van der Waals surface area contributed by atoms with Gasteiger partial charge in [-0.2, -0.15) is 4.31 Å². The molecule has 0 heterocycles. The molecule has 1 aromatic carbocycles. The van der Waals surface area contributed by atoms with E-state index in [1.54, 1.807) is 0 Å². The van der Waals surface area contributed by atoms with E-state index >= 15 is 0 Å². The molecule has 9 heteroatoms. The average Bonchev–Trinajstić information content (AvgIpc) is 2.34. The molecule has 0 aromatic heterocycles. The van der Waals surface area contributed by atoms with Crippen molar-refractivity contribution in [3.05, 3.63) is 32.8 Å². The van der Waals surface area contributed by atoms with Crippen molar-refractivity contribution in [2.75, 3.05) is 27.3 Å². The van der Waals surface area contributed by atoms with Gasteiger partial charge in [0.05, 0.1) is 16.4 Å². The van der Waals surface area contributed by atoms with Crippen LogP contribution in [0.25, 0.3) is 0 Å². The number of hydrogen-bond donors (Lipinski definition) is 0. The maximum Gasteiger partial charge on any atom is 0.289 e. The van der Waals surface area contributed by atoms with Gasteiger partial charge in [0.1, 0.15) is 5.02 Å². The van der Waals surface area contributed by atoms with Gasteiger partial charge in [0.2, 0.25) is 10.0 Å². The van der Waals surface area contributed by atoms with Crippen LogP contribution in [0, 0.1) is 17.0 Å². The first kappa shape index (κ1) is 16.8. The molecule has 0 fully saturated rings. The Morgan fingerprint density at radius 3 is 2.55 bits per heavy atom. The predicted molar refractivity (Wildman–Crippen MR) is 74.5 cm³/mol. The molecule has 20 heavy (non-hydrogen) atoms. The SMILES string of the molecule is COCCN(C)S(=O)(=O)c1cc([N+](=O)[O-])c(Cl)cc1C. The fourth-order valence-electron chi connectivity index (χ4n) is 1.57. The largest absolute Gasteiger partial charge is 0.383 e. The summed E-state index contributed by atoms with van der Waals surface area (Å²) in [5.74, 6) is 0. The molecule has 0 bridgehead atoms. The van der Waals surface area contributed by atoms with Gasteiger partial charge in [-0.25, -0.2) is 8.42 Å². The van der Waals surface area contributed by atoms with E-state index in [0.717, 1.165) is 10.4 Å². The monoisotopic (exact) mass is 322 g/mol. The van der Waals surface area contributed by atoms with E-state index in [1.807, 2.05) is 0 Å². The first-order valence-corrected chi connectivity index (χ1v) is 7.43. The summed E-state index contributed by atoms with van der Waals surface area (Å²) in [4.78, 5) is 10.0. The summed E-state index contributed by atoms with van der Waals surface area (Å²) in [5, 5.41) is 10.8. The van der Waals surface area contributed by atoms with Crippen molar-refractivity contribution < 1.29 is 18.1 Å². The van der Waals surface area contributed by atoms with Crippen LogP contribution in [0.4, 0.5) is 5.69 Å². The molecule has 0 saturated carbocycles. The van der Waals surface area contributed by atoms with E-state index in [-0.39, 0.29) is 23.1 Å². The van der Waals surface area contributed by atoms with Crippen molar-refractivity contribution in [3.63, 3.8) is 0 Å². The highest BCUT2D eigenvalue weighted by Crippen LogP contribution is 2.31. The molecule has 0 saturated heterocycles. The molecule has 0 N–H and O–H groups in total. The smallest absolute Gasteiger partial charge is 0.289 e. The van der Waals surface area contributed by atoms with Crippen molar-refractivity contribution in [1.29, 1.82) is 0 Å². The second-order valence-electron chi connectivity index (χ2n) is 4.15. The molecule has 112 valence electrons. The molecular weight excluding hydrogens is 308 g/mol. The normalized spacial score (nSPS) is 11.8. The number of nitrogens with zero attached hydrogens (tertiary/aromatic N) is 2. The lowest BCUT2D eigenvalue weighted by molar-refractivity contribution is -0.384. The number of methoxy groups -OCH3 is 1. The van der Waals surface area contributed by atoms with Crippen molar-refractivity contribution in [1.82, 2.24) is 4.31 Å². The molecule has 1 aromatic rings. The second kappa shape index (κ2) is 6.49. The molecule has 7 nitrogen and oxygen atoms in total. The number of nitro groups is 1. The molecule has 0 amide bonds. The van der Waals surface area contributed by atoms with Crippen molar-refractivity contribution >= 4 is 27.3 Å². The minimum absolute atomic E-state index is 0.0917. The topological polar surface area (TPSA) is 89.8 Å². The zero-order valence-electron chi connectivity index (χ0n) is 11.3. The Hall–Kier alpha value is -1.22. The average molecular weight is 323 g/mol. The number of rotatable bonds is 6. The van der Waals surface area contributed by atoms with Gasteiger partial charge in [-0.1, -0.05) is 11.6 Å². The van der Waals surface area contributed by atoms with E-state index in [1.165, 1.54) is 27.1 Å². The summed E-state index contributed by atoms with van der Waals surface area (Å²) in [5.41, 5.74) is -0.0825. The summed E-state index contributed by atoms with van der Waals surface area (Å²) in [6.45, 7) is 1.91. The van der Waals surface area contributed by atoms with Gasteiger partial charge < -0.3 is 4.74 Å². The Balaban J connectivity index is 3.31. The van der Waals surface area contributed by atoms with Crippen LogP contribution in [-0.2, 0) is 14.8 Å². The highest BCUT2D eigenvalue weighted by atomic mass is 35.5. The van der Waals surface area contributed by atoms with Crippen LogP contribution in [0.2, 0.25) is 5.02 Å². The first-order valence-electron chi connectivity index (χ1n) is 5.61. The Bertz CT molecular complexity index is 617. The van der Waals surface area contributed by atoms with Gasteiger partial charge in [-0.05, 0) is 18.6 Å². The molecule has 1 rings (SSSR count). The fraction of sp³-hybridized carbons (Fsp3) is 0.455. The zero-order chi connectivity index (χ0) is 15.5. The standard InChI is InChI=1S/C11H15ClN2O5S/c1-8-6-9(12)10(14(15)16)7-11(8)20(17,18)13(2)4-5-19-3/h6-7H,4-5H2,1-3H3. The van der Waals surface area contributed by atoms with Crippen LogP contribution < -0.4 is 0 Å². The number of likely N-dealkylation sites (N-methyl/N-ethyl adjacent to an activating group) is 1. The van der Waals surface area contributed by atoms with Crippen molar-refractivity contribution in [2.45, 2.75) is 11.8 Å². The lowest BCUT2D eigenvalue weighted by Gasteiger charge is -2.18. The van der Waals surface area contributed by atoms with Crippen LogP contribution in [0.5, 0.6) is 0 Å². The van der Waals surface area contributed by atoms with E-state index in [9.17, 15) is 18.5 Å². The number of ether oxygens (including phenoxy) is 1. The highest BCUT2D eigenvalue weighted by molar-refractivity contribution is 7.89. The Kier molecular flexibility index (Phi) is 5.46. The molecule has 0 radical (unpaired) electrons. The summed E-state index contributed by atoms with van der Waals surface area (Å²) in [7, 11) is -0.984. The lowest BCUT2D eigenvalue weighted by Crippen LogP contribution is -2.30. The Labute approximate surface area is 122 Å². The van der Waals surface area contributed by atoms with Gasteiger partial charge >= 0.3 is 0 Å². The number of hydrogen-bond acceptors (Lipinski definition) is 5. The number of nitro benzene ring substituents is 1. The second-order valence-corrected chi connectivity index (χ2v) is 6.57. The first-order chi connectivity index (χ1) is 9.21. The van der Waals surface area contributed by atoms with Crippen LogP contribution in [0.3, 0.4) is 0 Å². The fourth-order valence-corrected chi connectivity index (χ4v) is 3.23. The third kappa shape index (κ3) is 3.45. The van der Waals surface area contributed by atoms with Gasteiger partial charge in [-0.15, -0.1) is 0 Å². The summed E-state index contributed by atoms with van der Waals surface area (Å²) in [6, 6.07) is 2.26. The third-order valence-corrected chi connectivity index (χ3v) is 5.04. The molecule has 0 spiro atoms. The zero-order valence-corrected chi connectivity index (χ0v) is 12.9. The van der Waals surface area contributed by atoms with E-state index < -0.39 is 20.6 Å². The lowest BCUT2D eigenvalue weighted by atomic mass is 10.2. The van der Waals surface area contributed by atoms with Crippen molar-refractivity contribution in [2.24, 2.45) is 0 Å². The van der Waals surface area contributed by atoms with Crippen LogP contribution in [0.1, 0.15) is 5.56 Å². The Morgan fingerprint density at radius 2 is 2.05 bits per heavy atom. The maximum atomic E-state index is 12.3. The maximum absolute atomic E-state index is 12.3. The summed E-state index contributed by atoms with van der Waals surface area (Å²) < 4.78 is 30.6. The van der Waals surface area contributed by atoms with Gasteiger partial charge in [-0.3, -0.25) is 10.1 Å². The highest BCUT2D eigenvalue weighted by Gasteiger charge is 2.26. The summed E-state index contributed by atoms with van der Waals surface area (Å²) in [6.07, 6.45) is 0. The molecule has 0 aliphatic rings. The Morgan fingerprint density at radius 1 is 1.45 bits per heavy atom. The van der Waals surface area contributed by atoms with Crippen molar-refractivity contribution in [3.8, 4) is 0 Å². The quantitative estimate of drug-likeness (QED) is 0.588. The number of sulfonamides is 1.